The molecule has 0 amide bonds. The van der Waals surface area contributed by atoms with Crippen LogP contribution in [-0.2, 0) is 27.7 Å². The Morgan fingerprint density at radius 3 is 2.50 bits per heavy atom. The fourth-order valence-electron chi connectivity index (χ4n) is 3.39. The summed E-state index contributed by atoms with van der Waals surface area (Å²) in [6.07, 6.45) is 1.20. The van der Waals surface area contributed by atoms with E-state index in [1.165, 1.54) is 6.92 Å². The number of hydrogen-bond acceptors (Lipinski definition) is 4. The van der Waals surface area contributed by atoms with Gasteiger partial charge in [0.25, 0.3) is 0 Å². The van der Waals surface area contributed by atoms with E-state index < -0.39 is 10.0 Å². The molecule has 1 aliphatic carbocycles. The van der Waals surface area contributed by atoms with Gasteiger partial charge in [0.1, 0.15) is 5.75 Å². The first kappa shape index (κ1) is 18.6. The van der Waals surface area contributed by atoms with Gasteiger partial charge in [0, 0.05) is 13.0 Å². The van der Waals surface area contributed by atoms with Gasteiger partial charge in [-0.2, -0.15) is 0 Å². The average molecular weight is 373 g/mol. The molecule has 0 saturated heterocycles. The summed E-state index contributed by atoms with van der Waals surface area (Å²) < 4.78 is 33.7. The largest absolute Gasteiger partial charge is 0.427 e. The minimum absolute atomic E-state index is 0.120. The van der Waals surface area contributed by atoms with Gasteiger partial charge in [-0.05, 0) is 53.6 Å². The maximum absolute atomic E-state index is 12.9. The Kier molecular flexibility index (Phi) is 5.16. The summed E-state index contributed by atoms with van der Waals surface area (Å²) in [7, 11) is -3.60. The summed E-state index contributed by atoms with van der Waals surface area (Å²) in [5, 5.41) is 0. The van der Waals surface area contributed by atoms with Crippen molar-refractivity contribution in [2.75, 3.05) is 0 Å². The van der Waals surface area contributed by atoms with Gasteiger partial charge in [0.05, 0.1) is 4.90 Å². The molecule has 0 heterocycles. The highest BCUT2D eigenvalue weighted by Gasteiger charge is 2.28. The number of nitrogens with one attached hydrogen (secondary N) is 1. The van der Waals surface area contributed by atoms with Crippen LogP contribution in [0.25, 0.3) is 0 Å². The van der Waals surface area contributed by atoms with E-state index in [0.717, 1.165) is 16.7 Å². The molecule has 0 aliphatic heterocycles. The maximum Gasteiger partial charge on any atom is 0.308 e. The second kappa shape index (κ2) is 7.21. The third kappa shape index (κ3) is 3.97. The van der Waals surface area contributed by atoms with Gasteiger partial charge in [0.15, 0.2) is 0 Å². The third-order valence-electron chi connectivity index (χ3n) is 4.52. The monoisotopic (exact) mass is 373 g/mol. The SMILES string of the molecule is CC(=O)Oc1ccc2c(c1)CC(NS(=O)(=O)c1ccccc1C(C)C)C2. The standard InChI is InChI=1S/C20H23NO4S/c1-13(2)19-6-4-5-7-20(19)26(23,24)21-17-10-15-8-9-18(25-14(3)22)12-16(15)11-17/h4-9,12-13,17,21H,10-11H2,1-3H3. The third-order valence-corrected chi connectivity index (χ3v) is 6.12. The molecule has 1 atom stereocenters. The van der Waals surface area contributed by atoms with Gasteiger partial charge < -0.3 is 4.74 Å². The molecule has 6 heteroatoms. The number of fused-ring (bicyclic) bond motifs is 1. The highest BCUT2D eigenvalue weighted by Crippen LogP contribution is 2.29. The van der Waals surface area contributed by atoms with Crippen LogP contribution < -0.4 is 9.46 Å². The van der Waals surface area contributed by atoms with Crippen molar-refractivity contribution in [3.05, 3.63) is 59.2 Å². The fraction of sp³-hybridized carbons (Fsp3) is 0.350. The molecule has 0 aromatic heterocycles. The normalized spacial score (nSPS) is 16.5. The Hall–Kier alpha value is -2.18. The first-order chi connectivity index (χ1) is 12.3. The minimum atomic E-state index is -3.60. The van der Waals surface area contributed by atoms with E-state index >= 15 is 0 Å². The van der Waals surface area contributed by atoms with Crippen LogP contribution in [0.3, 0.4) is 0 Å². The fourth-order valence-corrected chi connectivity index (χ4v) is 5.00. The molecule has 0 fully saturated rings. The summed E-state index contributed by atoms with van der Waals surface area (Å²) in [6.45, 7) is 5.32. The minimum Gasteiger partial charge on any atom is -0.427 e. The molecule has 1 unspecified atom stereocenters. The molecular weight excluding hydrogens is 350 g/mol. The first-order valence-corrected chi connectivity index (χ1v) is 10.2. The Labute approximate surface area is 154 Å². The molecule has 0 bridgehead atoms. The number of ether oxygens (including phenoxy) is 1. The van der Waals surface area contributed by atoms with Crippen molar-refractivity contribution in [3.63, 3.8) is 0 Å². The number of benzene rings is 2. The van der Waals surface area contributed by atoms with Crippen molar-refractivity contribution in [1.29, 1.82) is 0 Å². The zero-order valence-corrected chi connectivity index (χ0v) is 16.0. The first-order valence-electron chi connectivity index (χ1n) is 8.67. The van der Waals surface area contributed by atoms with Crippen LogP contribution in [0, 0.1) is 0 Å². The summed E-state index contributed by atoms with van der Waals surface area (Å²) in [4.78, 5) is 11.4. The van der Waals surface area contributed by atoms with Crippen molar-refractivity contribution >= 4 is 16.0 Å². The highest BCUT2D eigenvalue weighted by atomic mass is 32.2. The number of esters is 1. The van der Waals surface area contributed by atoms with Crippen molar-refractivity contribution in [1.82, 2.24) is 4.72 Å². The second-order valence-corrected chi connectivity index (χ2v) is 8.63. The van der Waals surface area contributed by atoms with Gasteiger partial charge >= 0.3 is 5.97 Å². The van der Waals surface area contributed by atoms with E-state index in [-0.39, 0.29) is 17.9 Å². The number of hydrogen-bond donors (Lipinski definition) is 1. The molecule has 0 radical (unpaired) electrons. The van der Waals surface area contributed by atoms with Crippen LogP contribution in [0.15, 0.2) is 47.4 Å². The molecule has 1 N–H and O–H groups in total. The Balaban J connectivity index is 1.79. The summed E-state index contributed by atoms with van der Waals surface area (Å²) in [5.41, 5.74) is 2.90. The van der Waals surface area contributed by atoms with E-state index in [1.54, 1.807) is 18.2 Å². The molecule has 2 aromatic carbocycles. The van der Waals surface area contributed by atoms with E-state index in [2.05, 4.69) is 4.72 Å². The highest BCUT2D eigenvalue weighted by molar-refractivity contribution is 7.89. The average Bonchev–Trinajstić information content (AvgIpc) is 2.94. The van der Waals surface area contributed by atoms with Crippen molar-refractivity contribution in [3.8, 4) is 5.75 Å². The van der Waals surface area contributed by atoms with Gasteiger partial charge in [-0.15, -0.1) is 0 Å². The van der Waals surface area contributed by atoms with E-state index in [0.29, 0.717) is 23.5 Å². The Bertz CT molecular complexity index is 935. The van der Waals surface area contributed by atoms with Gasteiger partial charge in [-0.1, -0.05) is 38.1 Å². The van der Waals surface area contributed by atoms with E-state index in [1.807, 2.05) is 38.1 Å². The predicted octanol–water partition coefficient (Wildman–Crippen LogP) is 3.18. The maximum atomic E-state index is 12.9. The molecule has 1 aliphatic rings. The molecule has 0 saturated carbocycles. The summed E-state index contributed by atoms with van der Waals surface area (Å²) in [6, 6.07) is 12.4. The molecular formula is C20H23NO4S. The lowest BCUT2D eigenvalue weighted by molar-refractivity contribution is -0.131. The van der Waals surface area contributed by atoms with Crippen molar-refractivity contribution in [2.24, 2.45) is 0 Å². The van der Waals surface area contributed by atoms with Crippen LogP contribution in [0.5, 0.6) is 5.75 Å². The smallest absolute Gasteiger partial charge is 0.308 e. The van der Waals surface area contributed by atoms with Gasteiger partial charge in [0.2, 0.25) is 10.0 Å². The number of carbonyl (C=O) groups excluding carboxylic acids is 1. The van der Waals surface area contributed by atoms with Gasteiger partial charge in [-0.3, -0.25) is 4.79 Å². The molecule has 3 rings (SSSR count). The predicted molar refractivity (Wildman–Crippen MR) is 99.8 cm³/mol. The van der Waals surface area contributed by atoms with Crippen LogP contribution in [0.2, 0.25) is 0 Å². The number of rotatable bonds is 5. The summed E-state index contributed by atoms with van der Waals surface area (Å²) >= 11 is 0. The number of carbonyl (C=O) groups is 1. The molecule has 5 nitrogen and oxygen atoms in total. The zero-order chi connectivity index (χ0) is 18.9. The molecule has 26 heavy (non-hydrogen) atoms. The molecule has 138 valence electrons. The van der Waals surface area contributed by atoms with Crippen molar-refractivity contribution in [2.45, 2.75) is 50.5 Å². The molecule has 2 aromatic rings. The lowest BCUT2D eigenvalue weighted by atomic mass is 10.0. The second-order valence-electron chi connectivity index (χ2n) is 6.94. The zero-order valence-electron chi connectivity index (χ0n) is 15.2. The quantitative estimate of drug-likeness (QED) is 0.645. The lowest BCUT2D eigenvalue weighted by Crippen LogP contribution is -2.35. The van der Waals surface area contributed by atoms with E-state index in [9.17, 15) is 13.2 Å². The van der Waals surface area contributed by atoms with Crippen LogP contribution in [0.1, 0.15) is 43.4 Å². The van der Waals surface area contributed by atoms with Crippen LogP contribution in [-0.4, -0.2) is 20.4 Å². The number of sulfonamides is 1. The van der Waals surface area contributed by atoms with Crippen LogP contribution >= 0.6 is 0 Å². The van der Waals surface area contributed by atoms with E-state index in [4.69, 9.17) is 4.74 Å². The summed E-state index contributed by atoms with van der Waals surface area (Å²) in [5.74, 6) is 0.241. The van der Waals surface area contributed by atoms with Crippen molar-refractivity contribution < 1.29 is 17.9 Å². The topological polar surface area (TPSA) is 72.5 Å². The van der Waals surface area contributed by atoms with Gasteiger partial charge in [-0.25, -0.2) is 13.1 Å². The lowest BCUT2D eigenvalue weighted by Gasteiger charge is -2.17. The Morgan fingerprint density at radius 2 is 1.81 bits per heavy atom. The Morgan fingerprint density at radius 1 is 1.12 bits per heavy atom. The molecule has 0 spiro atoms. The van der Waals surface area contributed by atoms with Crippen LogP contribution in [0.4, 0.5) is 0 Å².